The van der Waals surface area contributed by atoms with Crippen LogP contribution in [-0.2, 0) is 13.1 Å². The number of hydrogen-bond acceptors (Lipinski definition) is 2. The van der Waals surface area contributed by atoms with Gasteiger partial charge in [0.2, 0.25) is 0 Å². The second-order valence-corrected chi connectivity index (χ2v) is 5.15. The Balaban J connectivity index is 1.86. The van der Waals surface area contributed by atoms with Gasteiger partial charge in [0, 0.05) is 30.4 Å². The third-order valence-corrected chi connectivity index (χ3v) is 3.65. The highest BCUT2D eigenvalue weighted by atomic mass is 35.5. The fourth-order valence-electron chi connectivity index (χ4n) is 1.87. The van der Waals surface area contributed by atoms with Crippen LogP contribution >= 0.6 is 11.6 Å². The van der Waals surface area contributed by atoms with Gasteiger partial charge in [-0.3, -0.25) is 4.68 Å². The van der Waals surface area contributed by atoms with E-state index in [1.807, 2.05) is 35.1 Å². The van der Waals surface area contributed by atoms with Gasteiger partial charge in [-0.15, -0.1) is 0 Å². The van der Waals surface area contributed by atoms with E-state index in [9.17, 15) is 0 Å². The average Bonchev–Trinajstić information content (AvgIpc) is 2.89. The van der Waals surface area contributed by atoms with Crippen LogP contribution in [0.15, 0.2) is 36.5 Å². The molecule has 0 radical (unpaired) electrons. The Morgan fingerprint density at radius 2 is 2.05 bits per heavy atom. The van der Waals surface area contributed by atoms with E-state index in [1.54, 1.807) is 0 Å². The number of nitrogens with zero attached hydrogens (tertiary/aromatic N) is 2. The molecule has 0 aliphatic rings. The predicted molar refractivity (Wildman–Crippen MR) is 79.2 cm³/mol. The second kappa shape index (κ2) is 6.73. The van der Waals surface area contributed by atoms with Crippen molar-refractivity contribution in [3.05, 3.63) is 52.8 Å². The number of nitrogens with one attached hydrogen (secondary N) is 1. The van der Waals surface area contributed by atoms with Crippen molar-refractivity contribution in [3.8, 4) is 0 Å². The molecular weight excluding hydrogens is 258 g/mol. The molecule has 1 heterocycles. The van der Waals surface area contributed by atoms with Crippen LogP contribution in [0.5, 0.6) is 0 Å². The van der Waals surface area contributed by atoms with E-state index in [0.717, 1.165) is 35.8 Å². The molecule has 3 nitrogen and oxygen atoms in total. The van der Waals surface area contributed by atoms with E-state index in [2.05, 4.69) is 30.3 Å². The van der Waals surface area contributed by atoms with Crippen molar-refractivity contribution >= 4 is 11.6 Å². The van der Waals surface area contributed by atoms with Crippen molar-refractivity contribution in [3.63, 3.8) is 0 Å². The molecule has 0 aliphatic carbocycles. The van der Waals surface area contributed by atoms with Crippen LogP contribution < -0.4 is 5.32 Å². The van der Waals surface area contributed by atoms with Gasteiger partial charge >= 0.3 is 0 Å². The van der Waals surface area contributed by atoms with Crippen molar-refractivity contribution in [2.45, 2.75) is 39.4 Å². The summed E-state index contributed by atoms with van der Waals surface area (Å²) in [5, 5.41) is 8.73. The Kier molecular flexibility index (Phi) is 5.00. The van der Waals surface area contributed by atoms with E-state index < -0.39 is 0 Å². The lowest BCUT2D eigenvalue weighted by Gasteiger charge is -2.08. The summed E-state index contributed by atoms with van der Waals surface area (Å²) in [5.41, 5.74) is 2.18. The number of hydrogen-bond donors (Lipinski definition) is 1. The molecule has 1 unspecified atom stereocenters. The minimum absolute atomic E-state index is 0.456. The van der Waals surface area contributed by atoms with Crippen LogP contribution in [0.2, 0.25) is 5.02 Å². The highest BCUT2D eigenvalue weighted by molar-refractivity contribution is 6.31. The molecular formula is C15H20ClN3. The zero-order chi connectivity index (χ0) is 13.7. The third-order valence-electron chi connectivity index (χ3n) is 3.29. The number of halogens is 1. The van der Waals surface area contributed by atoms with Crippen molar-refractivity contribution in [1.29, 1.82) is 0 Å². The molecule has 1 aromatic carbocycles. The van der Waals surface area contributed by atoms with Crippen molar-refractivity contribution in [2.75, 3.05) is 0 Å². The van der Waals surface area contributed by atoms with Gasteiger partial charge in [-0.1, -0.05) is 36.7 Å². The third kappa shape index (κ3) is 3.82. The molecule has 0 amide bonds. The van der Waals surface area contributed by atoms with Crippen LogP contribution in [0.1, 0.15) is 37.6 Å². The van der Waals surface area contributed by atoms with E-state index >= 15 is 0 Å². The van der Waals surface area contributed by atoms with Gasteiger partial charge < -0.3 is 5.32 Å². The normalized spacial score (nSPS) is 12.6. The Bertz CT molecular complexity index is 522. The highest BCUT2D eigenvalue weighted by Crippen LogP contribution is 2.14. The van der Waals surface area contributed by atoms with Crippen molar-refractivity contribution < 1.29 is 0 Å². The summed E-state index contributed by atoms with van der Waals surface area (Å²) >= 11 is 6.11. The first-order valence-electron chi connectivity index (χ1n) is 6.69. The number of aromatic nitrogens is 2. The summed E-state index contributed by atoms with van der Waals surface area (Å²) < 4.78 is 2.02. The Morgan fingerprint density at radius 1 is 1.26 bits per heavy atom. The molecule has 1 atom stereocenters. The zero-order valence-electron chi connectivity index (χ0n) is 11.4. The lowest BCUT2D eigenvalue weighted by molar-refractivity contribution is 0.471. The lowest BCUT2D eigenvalue weighted by atomic mass is 10.2. The van der Waals surface area contributed by atoms with Crippen LogP contribution in [0.25, 0.3) is 0 Å². The second-order valence-electron chi connectivity index (χ2n) is 4.74. The molecule has 1 N–H and O–H groups in total. The minimum atomic E-state index is 0.456. The predicted octanol–water partition coefficient (Wildman–Crippen LogP) is 3.80. The van der Waals surface area contributed by atoms with E-state index in [-0.39, 0.29) is 0 Å². The van der Waals surface area contributed by atoms with Gasteiger partial charge in [-0.25, -0.2) is 0 Å². The summed E-state index contributed by atoms with van der Waals surface area (Å²) in [7, 11) is 0. The monoisotopic (exact) mass is 277 g/mol. The summed E-state index contributed by atoms with van der Waals surface area (Å²) in [6.07, 6.45) is 3.13. The first kappa shape index (κ1) is 14.1. The van der Waals surface area contributed by atoms with Crippen LogP contribution in [0, 0.1) is 0 Å². The molecule has 0 spiro atoms. The molecule has 0 saturated heterocycles. The first-order chi connectivity index (χ1) is 9.20. The summed E-state index contributed by atoms with van der Waals surface area (Å²) in [4.78, 5) is 0. The Morgan fingerprint density at radius 3 is 2.79 bits per heavy atom. The lowest BCUT2D eigenvalue weighted by Crippen LogP contribution is -2.14. The Hall–Kier alpha value is -1.32. The van der Waals surface area contributed by atoms with E-state index in [4.69, 9.17) is 11.6 Å². The van der Waals surface area contributed by atoms with Gasteiger partial charge in [-0.05, 0) is 31.0 Å². The van der Waals surface area contributed by atoms with E-state index in [0.29, 0.717) is 6.04 Å². The summed E-state index contributed by atoms with van der Waals surface area (Å²) in [6, 6.07) is 10.4. The van der Waals surface area contributed by atoms with Crippen LogP contribution in [0.3, 0.4) is 0 Å². The maximum Gasteiger partial charge on any atom is 0.0762 e. The number of benzene rings is 1. The SMILES string of the molecule is CCC(C)n1ccc(CNCc2ccccc2Cl)n1. The highest BCUT2D eigenvalue weighted by Gasteiger charge is 2.04. The summed E-state index contributed by atoms with van der Waals surface area (Å²) in [5.74, 6) is 0. The fraction of sp³-hybridized carbons (Fsp3) is 0.400. The smallest absolute Gasteiger partial charge is 0.0762 e. The number of rotatable bonds is 6. The molecule has 0 fully saturated rings. The maximum atomic E-state index is 6.11. The quantitative estimate of drug-likeness (QED) is 0.870. The molecule has 0 bridgehead atoms. The van der Waals surface area contributed by atoms with Gasteiger partial charge in [0.1, 0.15) is 0 Å². The molecule has 2 aromatic rings. The largest absolute Gasteiger partial charge is 0.307 e. The van der Waals surface area contributed by atoms with Crippen molar-refractivity contribution in [2.24, 2.45) is 0 Å². The topological polar surface area (TPSA) is 29.9 Å². The van der Waals surface area contributed by atoms with Gasteiger partial charge in [-0.2, -0.15) is 5.10 Å². The van der Waals surface area contributed by atoms with E-state index in [1.165, 1.54) is 0 Å². The maximum absolute atomic E-state index is 6.11. The zero-order valence-corrected chi connectivity index (χ0v) is 12.2. The van der Waals surface area contributed by atoms with Crippen LogP contribution in [0.4, 0.5) is 0 Å². The molecule has 19 heavy (non-hydrogen) atoms. The van der Waals surface area contributed by atoms with Gasteiger partial charge in [0.25, 0.3) is 0 Å². The minimum Gasteiger partial charge on any atom is -0.307 e. The molecule has 4 heteroatoms. The average molecular weight is 278 g/mol. The van der Waals surface area contributed by atoms with Crippen LogP contribution in [-0.4, -0.2) is 9.78 Å². The van der Waals surface area contributed by atoms with Gasteiger partial charge in [0.15, 0.2) is 0 Å². The molecule has 102 valence electrons. The Labute approximate surface area is 119 Å². The molecule has 0 saturated carbocycles. The first-order valence-corrected chi connectivity index (χ1v) is 7.06. The molecule has 2 rings (SSSR count). The standard InChI is InChI=1S/C15H20ClN3/c1-3-12(2)19-9-8-14(18-19)11-17-10-13-6-4-5-7-15(13)16/h4-9,12,17H,3,10-11H2,1-2H3. The molecule has 0 aliphatic heterocycles. The fourth-order valence-corrected chi connectivity index (χ4v) is 2.07. The molecule has 1 aromatic heterocycles. The summed E-state index contributed by atoms with van der Waals surface area (Å²) in [6.45, 7) is 5.86. The van der Waals surface area contributed by atoms with Crippen molar-refractivity contribution in [1.82, 2.24) is 15.1 Å². The van der Waals surface area contributed by atoms with Gasteiger partial charge in [0.05, 0.1) is 5.69 Å².